The molecule has 0 saturated heterocycles. The number of methoxy groups -OCH3 is 1. The average Bonchev–Trinajstić information content (AvgIpc) is 2.62. The molecule has 27 heavy (non-hydrogen) atoms. The van der Waals surface area contributed by atoms with Crippen molar-refractivity contribution < 1.29 is 26.9 Å². The number of amides is 1. The fourth-order valence-corrected chi connectivity index (χ4v) is 3.31. The van der Waals surface area contributed by atoms with E-state index >= 15 is 0 Å². The Bertz CT molecular complexity index is 904. The maximum atomic E-state index is 12.3. The normalized spacial score (nSPS) is 12.1. The van der Waals surface area contributed by atoms with Crippen LogP contribution in [0.5, 0.6) is 5.75 Å². The van der Waals surface area contributed by atoms with Crippen molar-refractivity contribution in [3.05, 3.63) is 59.7 Å². The molecule has 0 aliphatic rings. The number of esters is 1. The summed E-state index contributed by atoms with van der Waals surface area (Å²) in [6, 6.07) is 11.7. The Morgan fingerprint density at radius 3 is 2.15 bits per heavy atom. The van der Waals surface area contributed by atoms with Crippen LogP contribution in [-0.4, -0.2) is 33.4 Å². The highest BCUT2D eigenvalue weighted by molar-refractivity contribution is 7.87. The molecule has 2 aromatic rings. The second-order valence-electron chi connectivity index (χ2n) is 5.97. The summed E-state index contributed by atoms with van der Waals surface area (Å²) < 4.78 is 34.4. The minimum Gasteiger partial charge on any atom is -0.467 e. The molecule has 0 aliphatic heterocycles. The number of nitrogens with one attached hydrogen (secondary N) is 1. The van der Waals surface area contributed by atoms with Crippen LogP contribution < -0.4 is 9.50 Å². The molecule has 8 heteroatoms. The lowest BCUT2D eigenvalue weighted by molar-refractivity contribution is -0.144. The van der Waals surface area contributed by atoms with E-state index in [0.717, 1.165) is 5.56 Å². The standard InChI is InChI=1S/C19H21NO6S/c1-13-4-10-17(11-5-13)27(23,24)26-16-8-6-15(7-9-16)12-18(19(22)25-3)20-14(2)21/h4-11,18H,12H2,1-3H3,(H,20,21)/t18-/m0/s1. The van der Waals surface area contributed by atoms with Crippen molar-refractivity contribution >= 4 is 22.0 Å². The minimum atomic E-state index is -3.93. The maximum Gasteiger partial charge on any atom is 0.339 e. The van der Waals surface area contributed by atoms with E-state index in [9.17, 15) is 18.0 Å². The molecule has 0 fully saturated rings. The number of benzene rings is 2. The van der Waals surface area contributed by atoms with Crippen LogP contribution in [0.4, 0.5) is 0 Å². The molecule has 7 nitrogen and oxygen atoms in total. The first-order valence-corrected chi connectivity index (χ1v) is 9.57. The van der Waals surface area contributed by atoms with Gasteiger partial charge in [-0.1, -0.05) is 29.8 Å². The molecule has 0 unspecified atom stereocenters. The number of carbonyl (C=O) groups is 2. The second-order valence-corrected chi connectivity index (χ2v) is 7.52. The van der Waals surface area contributed by atoms with Crippen molar-refractivity contribution in [2.75, 3.05) is 7.11 Å². The summed E-state index contributed by atoms with van der Waals surface area (Å²) in [7, 11) is -2.69. The van der Waals surface area contributed by atoms with E-state index in [-0.39, 0.29) is 23.0 Å². The summed E-state index contributed by atoms with van der Waals surface area (Å²) in [6.07, 6.45) is 0.206. The molecule has 1 atom stereocenters. The van der Waals surface area contributed by atoms with Crippen LogP contribution in [0.1, 0.15) is 18.1 Å². The lowest BCUT2D eigenvalue weighted by atomic mass is 10.1. The van der Waals surface area contributed by atoms with E-state index in [2.05, 4.69) is 10.1 Å². The van der Waals surface area contributed by atoms with Crippen molar-refractivity contribution in [2.24, 2.45) is 0 Å². The lowest BCUT2D eigenvalue weighted by Crippen LogP contribution is -2.41. The Kier molecular flexibility index (Phi) is 6.57. The molecule has 2 rings (SSSR count). The summed E-state index contributed by atoms with van der Waals surface area (Å²) in [4.78, 5) is 23.0. The maximum absolute atomic E-state index is 12.3. The molecule has 144 valence electrons. The van der Waals surface area contributed by atoms with Crippen LogP contribution in [0.25, 0.3) is 0 Å². The number of rotatable bonds is 7. The van der Waals surface area contributed by atoms with Crippen LogP contribution in [0.2, 0.25) is 0 Å². The quantitative estimate of drug-likeness (QED) is 0.572. The van der Waals surface area contributed by atoms with Crippen LogP contribution >= 0.6 is 0 Å². The van der Waals surface area contributed by atoms with Crippen molar-refractivity contribution in [2.45, 2.75) is 31.2 Å². The van der Waals surface area contributed by atoms with Crippen LogP contribution in [0, 0.1) is 6.92 Å². The molecule has 0 spiro atoms. The first-order valence-electron chi connectivity index (χ1n) is 8.16. The van der Waals surface area contributed by atoms with Gasteiger partial charge in [0.25, 0.3) is 0 Å². The highest BCUT2D eigenvalue weighted by Crippen LogP contribution is 2.20. The Morgan fingerprint density at radius 2 is 1.63 bits per heavy atom. The smallest absolute Gasteiger partial charge is 0.339 e. The van der Waals surface area contributed by atoms with E-state index in [0.29, 0.717) is 5.56 Å². The highest BCUT2D eigenvalue weighted by Gasteiger charge is 2.21. The van der Waals surface area contributed by atoms with Crippen molar-refractivity contribution in [3.63, 3.8) is 0 Å². The van der Waals surface area contributed by atoms with Gasteiger partial charge in [-0.25, -0.2) is 4.79 Å². The third kappa shape index (κ3) is 5.82. The molecule has 0 radical (unpaired) electrons. The van der Waals surface area contributed by atoms with Gasteiger partial charge in [0.05, 0.1) is 7.11 Å². The van der Waals surface area contributed by atoms with Gasteiger partial charge in [0.1, 0.15) is 16.7 Å². The number of hydrogen-bond acceptors (Lipinski definition) is 6. The molecule has 0 bridgehead atoms. The highest BCUT2D eigenvalue weighted by atomic mass is 32.2. The van der Waals surface area contributed by atoms with E-state index in [1.165, 1.54) is 38.3 Å². The first-order chi connectivity index (χ1) is 12.7. The molecular formula is C19H21NO6S. The second kappa shape index (κ2) is 8.68. The van der Waals surface area contributed by atoms with Gasteiger partial charge in [0, 0.05) is 13.3 Å². The van der Waals surface area contributed by atoms with Gasteiger partial charge < -0.3 is 14.2 Å². The molecule has 1 N–H and O–H groups in total. The zero-order valence-corrected chi connectivity index (χ0v) is 16.1. The molecule has 1 amide bonds. The average molecular weight is 391 g/mol. The van der Waals surface area contributed by atoms with Gasteiger partial charge in [-0.05, 0) is 36.8 Å². The Morgan fingerprint density at radius 1 is 1.04 bits per heavy atom. The summed E-state index contributed by atoms with van der Waals surface area (Å²) in [5.74, 6) is -0.768. The third-order valence-electron chi connectivity index (χ3n) is 3.74. The van der Waals surface area contributed by atoms with Crippen LogP contribution in [0.15, 0.2) is 53.4 Å². The number of carbonyl (C=O) groups excluding carboxylic acids is 2. The molecule has 0 saturated carbocycles. The lowest BCUT2D eigenvalue weighted by Gasteiger charge is -2.15. The van der Waals surface area contributed by atoms with Gasteiger partial charge in [0.2, 0.25) is 5.91 Å². The fourth-order valence-electron chi connectivity index (χ4n) is 2.38. The Hall–Kier alpha value is -2.87. The third-order valence-corrected chi connectivity index (χ3v) is 5.00. The largest absolute Gasteiger partial charge is 0.467 e. The van der Waals surface area contributed by atoms with Gasteiger partial charge in [-0.3, -0.25) is 4.79 Å². The minimum absolute atomic E-state index is 0.0635. The molecule has 0 heterocycles. The Labute approximate surface area is 158 Å². The van der Waals surface area contributed by atoms with Gasteiger partial charge in [-0.2, -0.15) is 8.42 Å². The summed E-state index contributed by atoms with van der Waals surface area (Å²) in [5.41, 5.74) is 1.65. The SMILES string of the molecule is COC(=O)[C@H](Cc1ccc(OS(=O)(=O)c2ccc(C)cc2)cc1)NC(C)=O. The molecular weight excluding hydrogens is 370 g/mol. The predicted molar refractivity (Wildman–Crippen MR) is 98.8 cm³/mol. The summed E-state index contributed by atoms with van der Waals surface area (Å²) in [5, 5.41) is 2.52. The van der Waals surface area contributed by atoms with E-state index in [1.807, 2.05) is 6.92 Å². The van der Waals surface area contributed by atoms with Crippen molar-refractivity contribution in [1.82, 2.24) is 5.32 Å². The molecule has 2 aromatic carbocycles. The Balaban J connectivity index is 2.11. The topological polar surface area (TPSA) is 98.8 Å². The van der Waals surface area contributed by atoms with Crippen molar-refractivity contribution in [1.29, 1.82) is 0 Å². The first kappa shape index (κ1) is 20.4. The van der Waals surface area contributed by atoms with Crippen molar-refractivity contribution in [3.8, 4) is 5.75 Å². The summed E-state index contributed by atoms with van der Waals surface area (Å²) >= 11 is 0. The van der Waals surface area contributed by atoms with Gasteiger partial charge >= 0.3 is 16.1 Å². The predicted octanol–water partition coefficient (Wildman–Crippen LogP) is 1.98. The zero-order chi connectivity index (χ0) is 20.0. The molecule has 0 aliphatic carbocycles. The zero-order valence-electron chi connectivity index (χ0n) is 15.3. The summed E-state index contributed by atoms with van der Waals surface area (Å²) in [6.45, 7) is 3.17. The molecule has 0 aromatic heterocycles. The van der Waals surface area contributed by atoms with Gasteiger partial charge in [-0.15, -0.1) is 0 Å². The van der Waals surface area contributed by atoms with E-state index in [1.54, 1.807) is 24.3 Å². The van der Waals surface area contributed by atoms with E-state index < -0.39 is 22.1 Å². The van der Waals surface area contributed by atoms with Crippen LogP contribution in [-0.2, 0) is 30.9 Å². The number of ether oxygens (including phenoxy) is 1. The van der Waals surface area contributed by atoms with Gasteiger partial charge in [0.15, 0.2) is 0 Å². The van der Waals surface area contributed by atoms with E-state index in [4.69, 9.17) is 4.18 Å². The fraction of sp³-hybridized carbons (Fsp3) is 0.263. The number of hydrogen-bond donors (Lipinski definition) is 1. The number of aryl methyl sites for hydroxylation is 1. The monoisotopic (exact) mass is 391 g/mol. The van der Waals surface area contributed by atoms with Crippen LogP contribution in [0.3, 0.4) is 0 Å².